The van der Waals surface area contributed by atoms with Crippen molar-refractivity contribution in [2.24, 2.45) is 0 Å². The van der Waals surface area contributed by atoms with E-state index in [9.17, 15) is 4.79 Å². The number of fused-ring (bicyclic) bond motifs is 1. The number of pyridine rings is 1. The van der Waals surface area contributed by atoms with Crippen molar-refractivity contribution in [2.75, 3.05) is 19.6 Å². The highest BCUT2D eigenvalue weighted by molar-refractivity contribution is 6.06. The van der Waals surface area contributed by atoms with Crippen molar-refractivity contribution in [1.29, 1.82) is 0 Å². The van der Waals surface area contributed by atoms with E-state index in [0.29, 0.717) is 29.2 Å². The van der Waals surface area contributed by atoms with E-state index in [-0.39, 0.29) is 36.8 Å². The number of rotatable bonds is 7. The van der Waals surface area contributed by atoms with Gasteiger partial charge in [0.1, 0.15) is 5.69 Å². The number of carbonyl (C=O) groups excluding carboxylic acids is 1. The van der Waals surface area contributed by atoms with Crippen LogP contribution >= 0.6 is 24.8 Å². The quantitative estimate of drug-likeness (QED) is 0.579. The molecule has 148 valence electrons. The summed E-state index contributed by atoms with van der Waals surface area (Å²) in [5.41, 5.74) is 1.86. The first-order chi connectivity index (χ1) is 12.1. The number of hydrogen-bond acceptors (Lipinski definition) is 5. The van der Waals surface area contributed by atoms with Gasteiger partial charge in [-0.2, -0.15) is 5.10 Å². The summed E-state index contributed by atoms with van der Waals surface area (Å²) in [7, 11) is 0. The van der Waals surface area contributed by atoms with Crippen LogP contribution in [0.4, 0.5) is 0 Å². The lowest BCUT2D eigenvalue weighted by Gasteiger charge is -2.10. The van der Waals surface area contributed by atoms with E-state index in [1.807, 2.05) is 31.5 Å². The van der Waals surface area contributed by atoms with Gasteiger partial charge in [-0.25, -0.2) is 9.67 Å². The van der Waals surface area contributed by atoms with Crippen molar-refractivity contribution < 1.29 is 9.21 Å². The molecule has 0 atom stereocenters. The van der Waals surface area contributed by atoms with Gasteiger partial charge in [0, 0.05) is 19.1 Å². The minimum absolute atomic E-state index is 0. The number of nitrogens with one attached hydrogen (secondary N) is 2. The van der Waals surface area contributed by atoms with Gasteiger partial charge in [0.05, 0.1) is 23.4 Å². The summed E-state index contributed by atoms with van der Waals surface area (Å²) >= 11 is 0. The minimum atomic E-state index is -0.138. The van der Waals surface area contributed by atoms with E-state index < -0.39 is 0 Å². The van der Waals surface area contributed by atoms with Crippen LogP contribution in [0.25, 0.3) is 22.5 Å². The maximum Gasteiger partial charge on any atom is 0.252 e. The fourth-order valence-electron chi connectivity index (χ4n) is 2.67. The van der Waals surface area contributed by atoms with Crippen molar-refractivity contribution in [1.82, 2.24) is 25.4 Å². The van der Waals surface area contributed by atoms with Crippen LogP contribution in [-0.4, -0.2) is 40.3 Å². The van der Waals surface area contributed by atoms with Crippen LogP contribution < -0.4 is 10.6 Å². The van der Waals surface area contributed by atoms with Crippen molar-refractivity contribution in [3.63, 3.8) is 0 Å². The zero-order valence-electron chi connectivity index (χ0n) is 15.6. The van der Waals surface area contributed by atoms with Crippen LogP contribution in [0, 0.1) is 0 Å². The Kier molecular flexibility index (Phi) is 8.75. The van der Waals surface area contributed by atoms with Gasteiger partial charge in [0.25, 0.3) is 5.91 Å². The van der Waals surface area contributed by atoms with Crippen molar-refractivity contribution >= 4 is 41.8 Å². The lowest BCUT2D eigenvalue weighted by atomic mass is 10.1. The zero-order valence-corrected chi connectivity index (χ0v) is 17.2. The summed E-state index contributed by atoms with van der Waals surface area (Å²) in [5, 5.41) is 11.3. The third kappa shape index (κ3) is 5.00. The molecule has 3 aromatic rings. The zero-order chi connectivity index (χ0) is 17.8. The molecule has 9 heteroatoms. The van der Waals surface area contributed by atoms with Gasteiger partial charge in [-0.15, -0.1) is 24.8 Å². The van der Waals surface area contributed by atoms with E-state index in [0.717, 1.165) is 18.5 Å². The highest BCUT2D eigenvalue weighted by Crippen LogP contribution is 2.26. The van der Waals surface area contributed by atoms with Crippen LogP contribution in [0.3, 0.4) is 0 Å². The van der Waals surface area contributed by atoms with Gasteiger partial charge in [0.2, 0.25) is 0 Å². The molecule has 0 saturated carbocycles. The Hall–Kier alpha value is -2.09. The number of aromatic nitrogens is 3. The second-order valence-electron chi connectivity index (χ2n) is 6.06. The second kappa shape index (κ2) is 10.3. The highest BCUT2D eigenvalue weighted by atomic mass is 35.5. The van der Waals surface area contributed by atoms with Gasteiger partial charge in [-0.05, 0) is 38.6 Å². The smallest absolute Gasteiger partial charge is 0.252 e. The number of nitrogens with zero attached hydrogens (tertiary/aromatic N) is 3. The molecule has 1 amide bonds. The molecular formula is C18H25Cl2N5O2. The lowest BCUT2D eigenvalue weighted by molar-refractivity contribution is 0.0955. The SMILES string of the molecule is CCNCCNC(=O)c1cc(-c2ccco2)nc2c1cnn2C(C)C.Cl.Cl. The summed E-state index contributed by atoms with van der Waals surface area (Å²) in [6.45, 7) is 8.26. The molecule has 3 aromatic heterocycles. The Morgan fingerprint density at radius 3 is 2.70 bits per heavy atom. The molecule has 3 heterocycles. The fraction of sp³-hybridized carbons (Fsp3) is 0.389. The Morgan fingerprint density at radius 2 is 2.07 bits per heavy atom. The van der Waals surface area contributed by atoms with Crippen LogP contribution in [-0.2, 0) is 0 Å². The molecule has 3 rings (SSSR count). The second-order valence-corrected chi connectivity index (χ2v) is 6.06. The number of amides is 1. The molecule has 0 bridgehead atoms. The first kappa shape index (κ1) is 23.0. The molecule has 0 unspecified atom stereocenters. The minimum Gasteiger partial charge on any atom is -0.463 e. The van der Waals surface area contributed by atoms with E-state index in [1.54, 1.807) is 24.6 Å². The van der Waals surface area contributed by atoms with Gasteiger partial charge < -0.3 is 15.1 Å². The Labute approximate surface area is 170 Å². The predicted molar refractivity (Wildman–Crippen MR) is 111 cm³/mol. The molecular weight excluding hydrogens is 389 g/mol. The number of carbonyl (C=O) groups is 1. The van der Waals surface area contributed by atoms with Gasteiger partial charge in [-0.3, -0.25) is 4.79 Å². The molecule has 0 radical (unpaired) electrons. The Balaban J connectivity index is 0.00000182. The monoisotopic (exact) mass is 413 g/mol. The number of hydrogen-bond donors (Lipinski definition) is 2. The van der Waals surface area contributed by atoms with Crippen LogP contribution in [0.5, 0.6) is 0 Å². The van der Waals surface area contributed by atoms with Crippen LogP contribution in [0.1, 0.15) is 37.2 Å². The predicted octanol–water partition coefficient (Wildman–Crippen LogP) is 3.46. The molecule has 7 nitrogen and oxygen atoms in total. The van der Waals surface area contributed by atoms with E-state index in [2.05, 4.69) is 20.7 Å². The van der Waals surface area contributed by atoms with Crippen molar-refractivity contribution in [3.05, 3.63) is 36.2 Å². The highest BCUT2D eigenvalue weighted by Gasteiger charge is 2.19. The standard InChI is InChI=1S/C18H23N5O2.2ClH/c1-4-19-7-8-20-18(24)13-10-15(16-6-5-9-25-16)22-17-14(13)11-21-23(17)12(2)3;;/h5-6,9-12,19H,4,7-8H2,1-3H3,(H,20,24);2*1H. The third-order valence-corrected chi connectivity index (χ3v) is 3.91. The molecule has 0 saturated heterocycles. The first-order valence-electron chi connectivity index (χ1n) is 8.53. The molecule has 27 heavy (non-hydrogen) atoms. The molecule has 2 N–H and O–H groups in total. The Bertz CT molecular complexity index is 862. The summed E-state index contributed by atoms with van der Waals surface area (Å²) in [6, 6.07) is 5.53. The third-order valence-electron chi connectivity index (χ3n) is 3.91. The number of furan rings is 1. The summed E-state index contributed by atoms with van der Waals surface area (Å²) in [5.74, 6) is 0.488. The van der Waals surface area contributed by atoms with Gasteiger partial charge in [0.15, 0.2) is 11.4 Å². The molecule has 0 aliphatic heterocycles. The van der Waals surface area contributed by atoms with Crippen LogP contribution in [0.15, 0.2) is 35.1 Å². The van der Waals surface area contributed by atoms with Gasteiger partial charge in [-0.1, -0.05) is 6.92 Å². The molecule has 0 fully saturated rings. The summed E-state index contributed by atoms with van der Waals surface area (Å²) in [6.07, 6.45) is 3.30. The van der Waals surface area contributed by atoms with E-state index >= 15 is 0 Å². The molecule has 0 aliphatic rings. The largest absolute Gasteiger partial charge is 0.463 e. The summed E-state index contributed by atoms with van der Waals surface area (Å²) < 4.78 is 7.28. The normalized spacial score (nSPS) is 10.5. The number of halogens is 2. The molecule has 0 aliphatic carbocycles. The number of likely N-dealkylation sites (N-methyl/N-ethyl adjacent to an activating group) is 1. The fourth-order valence-corrected chi connectivity index (χ4v) is 2.67. The maximum atomic E-state index is 12.7. The first-order valence-corrected chi connectivity index (χ1v) is 8.53. The van der Waals surface area contributed by atoms with Crippen molar-refractivity contribution in [3.8, 4) is 11.5 Å². The Morgan fingerprint density at radius 1 is 1.30 bits per heavy atom. The molecule has 0 spiro atoms. The average Bonchev–Trinajstić information content (AvgIpc) is 3.26. The molecule has 0 aromatic carbocycles. The van der Waals surface area contributed by atoms with E-state index in [1.165, 1.54) is 0 Å². The van der Waals surface area contributed by atoms with Crippen molar-refractivity contribution in [2.45, 2.75) is 26.8 Å². The van der Waals surface area contributed by atoms with Gasteiger partial charge >= 0.3 is 0 Å². The van der Waals surface area contributed by atoms with Crippen LogP contribution in [0.2, 0.25) is 0 Å². The lowest BCUT2D eigenvalue weighted by Crippen LogP contribution is -2.31. The topological polar surface area (TPSA) is 85.0 Å². The maximum absolute atomic E-state index is 12.7. The summed E-state index contributed by atoms with van der Waals surface area (Å²) in [4.78, 5) is 17.4. The van der Waals surface area contributed by atoms with E-state index in [4.69, 9.17) is 4.42 Å². The average molecular weight is 414 g/mol.